The van der Waals surface area contributed by atoms with E-state index in [1.165, 1.54) is 37.9 Å². The van der Waals surface area contributed by atoms with Gasteiger partial charge in [0.2, 0.25) is 5.91 Å². The Morgan fingerprint density at radius 1 is 1.14 bits per heavy atom. The lowest BCUT2D eigenvalue weighted by Crippen LogP contribution is -2.24. The highest BCUT2D eigenvalue weighted by Gasteiger charge is 2.30. The van der Waals surface area contributed by atoms with Crippen LogP contribution in [0.4, 0.5) is 13.2 Å². The van der Waals surface area contributed by atoms with Gasteiger partial charge in [0.15, 0.2) is 5.78 Å². The Balaban J connectivity index is 1.87. The molecule has 0 atom stereocenters. The van der Waals surface area contributed by atoms with Gasteiger partial charge in [0, 0.05) is 23.4 Å². The van der Waals surface area contributed by atoms with Crippen molar-refractivity contribution in [3.63, 3.8) is 0 Å². The maximum Gasteiger partial charge on any atom is 0.416 e. The maximum atomic E-state index is 12.7. The van der Waals surface area contributed by atoms with Gasteiger partial charge in [-0.15, -0.1) is 11.8 Å². The summed E-state index contributed by atoms with van der Waals surface area (Å²) in [5, 5.41) is 2.61. The number of hydrogen-bond acceptors (Lipinski definition) is 4. The SMILES string of the molecule is COc1ccc(C(C)=O)cc1CSCC(=O)NCc1cccc(C(F)(F)F)c1. The minimum absolute atomic E-state index is 0.0203. The van der Waals surface area contributed by atoms with Crippen LogP contribution in [0.1, 0.15) is 34.0 Å². The molecule has 0 aliphatic carbocycles. The van der Waals surface area contributed by atoms with Gasteiger partial charge in [0.05, 0.1) is 18.4 Å². The van der Waals surface area contributed by atoms with Gasteiger partial charge in [-0.05, 0) is 42.8 Å². The van der Waals surface area contributed by atoms with E-state index in [2.05, 4.69) is 5.32 Å². The quantitative estimate of drug-likeness (QED) is 0.652. The number of amides is 1. The first kappa shape index (κ1) is 21.8. The summed E-state index contributed by atoms with van der Waals surface area (Å²) in [4.78, 5) is 23.5. The van der Waals surface area contributed by atoms with Crippen molar-refractivity contribution in [1.82, 2.24) is 5.32 Å². The van der Waals surface area contributed by atoms with Gasteiger partial charge in [-0.25, -0.2) is 0 Å². The van der Waals surface area contributed by atoms with E-state index in [1.54, 1.807) is 18.2 Å². The van der Waals surface area contributed by atoms with Crippen LogP contribution >= 0.6 is 11.8 Å². The van der Waals surface area contributed by atoms with E-state index in [0.29, 0.717) is 22.6 Å². The number of halogens is 3. The molecule has 0 aromatic heterocycles. The number of ether oxygens (including phenoxy) is 1. The molecule has 4 nitrogen and oxygen atoms in total. The first-order valence-corrected chi connectivity index (χ1v) is 9.54. The normalized spacial score (nSPS) is 11.2. The second-order valence-electron chi connectivity index (χ2n) is 6.05. The Labute approximate surface area is 165 Å². The fraction of sp³-hybridized carbons (Fsp3) is 0.300. The Bertz CT molecular complexity index is 853. The summed E-state index contributed by atoms with van der Waals surface area (Å²) in [5.74, 6) is 0.868. The lowest BCUT2D eigenvalue weighted by Gasteiger charge is -2.11. The number of carbonyl (C=O) groups excluding carboxylic acids is 2. The van der Waals surface area contributed by atoms with Crippen molar-refractivity contribution in [1.29, 1.82) is 0 Å². The molecule has 0 unspecified atom stereocenters. The molecule has 0 aliphatic rings. The highest BCUT2D eigenvalue weighted by atomic mass is 32.2. The first-order valence-electron chi connectivity index (χ1n) is 8.39. The molecular weight excluding hydrogens is 391 g/mol. The van der Waals surface area contributed by atoms with Crippen LogP contribution in [0.3, 0.4) is 0 Å². The molecule has 0 saturated carbocycles. The number of nitrogens with one attached hydrogen (secondary N) is 1. The summed E-state index contributed by atoms with van der Waals surface area (Å²) < 4.78 is 43.4. The van der Waals surface area contributed by atoms with Crippen LogP contribution in [0.2, 0.25) is 0 Å². The maximum absolute atomic E-state index is 12.7. The second-order valence-corrected chi connectivity index (χ2v) is 7.04. The molecule has 0 heterocycles. The average Bonchev–Trinajstić information content (AvgIpc) is 2.65. The van der Waals surface area contributed by atoms with Crippen molar-refractivity contribution >= 4 is 23.5 Å². The summed E-state index contributed by atoms with van der Waals surface area (Å²) in [6, 6.07) is 9.97. The molecule has 8 heteroatoms. The monoisotopic (exact) mass is 411 g/mol. The van der Waals surface area contributed by atoms with Crippen molar-refractivity contribution in [2.24, 2.45) is 0 Å². The van der Waals surface area contributed by atoms with Crippen LogP contribution in [0.5, 0.6) is 5.75 Å². The van der Waals surface area contributed by atoms with E-state index in [0.717, 1.165) is 17.7 Å². The van der Waals surface area contributed by atoms with Crippen molar-refractivity contribution in [3.8, 4) is 5.75 Å². The summed E-state index contributed by atoms with van der Waals surface area (Å²) in [7, 11) is 1.53. The van der Waals surface area contributed by atoms with Crippen molar-refractivity contribution in [2.45, 2.75) is 25.4 Å². The van der Waals surface area contributed by atoms with Gasteiger partial charge in [-0.3, -0.25) is 9.59 Å². The van der Waals surface area contributed by atoms with Crippen LogP contribution in [-0.2, 0) is 23.3 Å². The zero-order chi connectivity index (χ0) is 20.7. The first-order chi connectivity index (χ1) is 13.2. The second kappa shape index (κ2) is 9.64. The fourth-order valence-electron chi connectivity index (χ4n) is 2.47. The molecular formula is C20H20F3NO3S. The molecule has 2 rings (SSSR count). The van der Waals surface area contributed by atoms with Gasteiger partial charge < -0.3 is 10.1 Å². The van der Waals surface area contributed by atoms with Crippen LogP contribution in [-0.4, -0.2) is 24.6 Å². The van der Waals surface area contributed by atoms with Gasteiger partial charge in [0.25, 0.3) is 0 Å². The molecule has 28 heavy (non-hydrogen) atoms. The van der Waals surface area contributed by atoms with E-state index in [-0.39, 0.29) is 24.0 Å². The third-order valence-electron chi connectivity index (χ3n) is 3.92. The zero-order valence-electron chi connectivity index (χ0n) is 15.4. The Hall–Kier alpha value is -2.48. The molecule has 0 fully saturated rings. The predicted molar refractivity (Wildman–Crippen MR) is 102 cm³/mol. The lowest BCUT2D eigenvalue weighted by atomic mass is 10.1. The number of methoxy groups -OCH3 is 1. The summed E-state index contributed by atoms with van der Waals surface area (Å²) in [6.07, 6.45) is -4.41. The van der Waals surface area contributed by atoms with Gasteiger partial charge in [-0.1, -0.05) is 12.1 Å². The standard InChI is InChI=1S/C20H20F3NO3S/c1-13(25)15-6-7-18(27-2)16(9-15)11-28-12-19(26)24-10-14-4-3-5-17(8-14)20(21,22)23/h3-9H,10-12H2,1-2H3,(H,24,26). The number of alkyl halides is 3. The fourth-order valence-corrected chi connectivity index (χ4v) is 3.31. The third-order valence-corrected chi connectivity index (χ3v) is 4.90. The number of rotatable bonds is 8. The zero-order valence-corrected chi connectivity index (χ0v) is 16.2. The number of benzene rings is 2. The highest BCUT2D eigenvalue weighted by Crippen LogP contribution is 2.29. The summed E-state index contributed by atoms with van der Waals surface area (Å²) >= 11 is 1.32. The van der Waals surface area contributed by atoms with Gasteiger partial charge in [-0.2, -0.15) is 13.2 Å². The van der Waals surface area contributed by atoms with Crippen LogP contribution in [0, 0.1) is 0 Å². The minimum atomic E-state index is -4.41. The predicted octanol–water partition coefficient (Wildman–Crippen LogP) is 4.47. The summed E-state index contributed by atoms with van der Waals surface area (Å²) in [6.45, 7) is 1.49. The molecule has 150 valence electrons. The van der Waals surface area contributed by atoms with Gasteiger partial charge in [0.1, 0.15) is 5.75 Å². The van der Waals surface area contributed by atoms with E-state index in [1.807, 2.05) is 0 Å². The van der Waals surface area contributed by atoms with E-state index >= 15 is 0 Å². The topological polar surface area (TPSA) is 55.4 Å². The van der Waals surface area contributed by atoms with Crippen LogP contribution < -0.4 is 10.1 Å². The molecule has 1 amide bonds. The van der Waals surface area contributed by atoms with Crippen molar-refractivity contribution in [3.05, 3.63) is 64.7 Å². The molecule has 0 spiro atoms. The Kier molecular flexibility index (Phi) is 7.51. The van der Waals surface area contributed by atoms with Crippen molar-refractivity contribution < 1.29 is 27.5 Å². The third kappa shape index (κ3) is 6.30. The number of Topliss-reactive ketones (excluding diaryl/α,β-unsaturated/α-hetero) is 1. The highest BCUT2D eigenvalue weighted by molar-refractivity contribution is 7.99. The van der Waals surface area contributed by atoms with E-state index < -0.39 is 11.7 Å². The number of ketones is 1. The molecule has 2 aromatic carbocycles. The molecule has 0 aliphatic heterocycles. The number of hydrogen-bond donors (Lipinski definition) is 1. The smallest absolute Gasteiger partial charge is 0.416 e. The van der Waals surface area contributed by atoms with Crippen molar-refractivity contribution in [2.75, 3.05) is 12.9 Å². The van der Waals surface area contributed by atoms with Crippen LogP contribution in [0.25, 0.3) is 0 Å². The van der Waals surface area contributed by atoms with Crippen LogP contribution in [0.15, 0.2) is 42.5 Å². The molecule has 1 N–H and O–H groups in total. The molecule has 0 radical (unpaired) electrons. The average molecular weight is 411 g/mol. The van der Waals surface area contributed by atoms with Gasteiger partial charge >= 0.3 is 6.18 Å². The number of carbonyl (C=O) groups is 2. The summed E-state index contributed by atoms with van der Waals surface area (Å²) in [5.41, 5.74) is 0.992. The Morgan fingerprint density at radius 2 is 1.89 bits per heavy atom. The minimum Gasteiger partial charge on any atom is -0.496 e. The molecule has 0 bridgehead atoms. The number of thioether (sulfide) groups is 1. The molecule has 2 aromatic rings. The molecule has 0 saturated heterocycles. The lowest BCUT2D eigenvalue weighted by molar-refractivity contribution is -0.137. The largest absolute Gasteiger partial charge is 0.496 e. The van der Waals surface area contributed by atoms with E-state index in [4.69, 9.17) is 4.74 Å². The Morgan fingerprint density at radius 3 is 2.54 bits per heavy atom. The van der Waals surface area contributed by atoms with E-state index in [9.17, 15) is 22.8 Å².